The highest BCUT2D eigenvalue weighted by Crippen LogP contribution is 2.19. The van der Waals surface area contributed by atoms with Crippen molar-refractivity contribution in [1.82, 2.24) is 0 Å². The Bertz CT molecular complexity index is 366. The molecule has 4 nitrogen and oxygen atoms in total. The molecular weight excluding hydrogens is 292 g/mol. The third-order valence-electron chi connectivity index (χ3n) is 2.45. The lowest BCUT2D eigenvalue weighted by atomic mass is 9.87. The number of hydrogen-bond donors (Lipinski definition) is 0. The summed E-state index contributed by atoms with van der Waals surface area (Å²) in [7, 11) is -0.206. The number of carbonyl (C=O) groups excluding carboxylic acids is 1. The van der Waals surface area contributed by atoms with Gasteiger partial charge in [0.05, 0.1) is 11.9 Å². The summed E-state index contributed by atoms with van der Waals surface area (Å²) in [5.74, 6) is 0.474. The van der Waals surface area contributed by atoms with Crippen molar-refractivity contribution < 1.29 is 17.6 Å². The zero-order valence-corrected chi connectivity index (χ0v) is 15.5. The normalized spacial score (nSPS) is 16.4. The second kappa shape index (κ2) is 8.22. The van der Waals surface area contributed by atoms with Crippen molar-refractivity contribution in [3.05, 3.63) is 12.2 Å². The van der Waals surface area contributed by atoms with E-state index in [1.54, 1.807) is 19.3 Å². The van der Waals surface area contributed by atoms with Gasteiger partial charge in [0.15, 0.2) is 0 Å². The zero-order chi connectivity index (χ0) is 16.0. The van der Waals surface area contributed by atoms with E-state index in [4.69, 9.17) is 8.61 Å². The van der Waals surface area contributed by atoms with E-state index in [0.717, 1.165) is 0 Å². The molecule has 0 N–H and O–H groups in total. The summed E-state index contributed by atoms with van der Waals surface area (Å²) in [5.41, 5.74) is -0.367. The van der Waals surface area contributed by atoms with Crippen LogP contribution >= 0.6 is 0 Å². The molecule has 0 bridgehead atoms. The molecule has 0 aromatic rings. The topological polar surface area (TPSA) is 52.6 Å². The van der Waals surface area contributed by atoms with E-state index in [1.165, 1.54) is 0 Å². The lowest BCUT2D eigenvalue weighted by molar-refractivity contribution is -0.128. The van der Waals surface area contributed by atoms with Gasteiger partial charge in [-0.1, -0.05) is 32.9 Å². The molecule has 2 unspecified atom stereocenters. The number of carbonyl (C=O) groups is 1. The Kier molecular flexibility index (Phi) is 8.09. The zero-order valence-electron chi connectivity index (χ0n) is 13.7. The van der Waals surface area contributed by atoms with Crippen LogP contribution in [0.4, 0.5) is 0 Å². The van der Waals surface area contributed by atoms with E-state index < -0.39 is 19.4 Å². The number of Topliss-reactive ketones (excluding diaryl/α,β-unsaturated/α-hetero) is 1. The molecule has 0 aromatic heterocycles. The minimum atomic E-state index is -1.78. The second-order valence-corrected chi connectivity index (χ2v) is 12.6. The number of rotatable bonds is 8. The largest absolute Gasteiger partial charge is 0.377 e. The summed E-state index contributed by atoms with van der Waals surface area (Å²) in [5, 5.41) is 0. The van der Waals surface area contributed by atoms with Crippen molar-refractivity contribution in [2.45, 2.75) is 52.9 Å². The average molecular weight is 321 g/mol. The Morgan fingerprint density at radius 2 is 1.85 bits per heavy atom. The van der Waals surface area contributed by atoms with Gasteiger partial charge in [-0.25, -0.2) is 4.21 Å². The molecule has 0 amide bonds. The summed E-state index contributed by atoms with van der Waals surface area (Å²) >= 11 is -1.30. The maximum atomic E-state index is 11.9. The minimum absolute atomic E-state index is 0.147. The van der Waals surface area contributed by atoms with Crippen LogP contribution < -0.4 is 0 Å². The van der Waals surface area contributed by atoms with Gasteiger partial charge >= 0.3 is 0 Å². The van der Waals surface area contributed by atoms with Crippen LogP contribution in [0.25, 0.3) is 0 Å². The van der Waals surface area contributed by atoms with Crippen LogP contribution in [0, 0.1) is 5.41 Å². The van der Waals surface area contributed by atoms with E-state index in [0.29, 0.717) is 12.2 Å². The van der Waals surface area contributed by atoms with Crippen molar-refractivity contribution >= 4 is 25.2 Å². The fourth-order valence-electron chi connectivity index (χ4n) is 1.32. The molecule has 0 saturated heterocycles. The number of methoxy groups -OCH3 is 1. The highest BCUT2D eigenvalue weighted by Gasteiger charge is 2.23. The quantitative estimate of drug-likeness (QED) is 0.509. The maximum absolute atomic E-state index is 11.9. The molecule has 0 spiro atoms. The molecule has 0 aliphatic rings. The molecule has 20 heavy (non-hydrogen) atoms. The molecule has 2 atom stereocenters. The van der Waals surface area contributed by atoms with Crippen molar-refractivity contribution in [2.24, 2.45) is 5.41 Å². The first-order valence-electron chi connectivity index (χ1n) is 6.76. The minimum Gasteiger partial charge on any atom is -0.377 e. The molecule has 0 saturated carbocycles. The lowest BCUT2D eigenvalue weighted by Crippen LogP contribution is -2.27. The summed E-state index contributed by atoms with van der Waals surface area (Å²) in [4.78, 5) is 11.9. The van der Waals surface area contributed by atoms with Crippen LogP contribution in [0.2, 0.25) is 19.6 Å². The van der Waals surface area contributed by atoms with E-state index in [1.807, 2.05) is 40.4 Å². The van der Waals surface area contributed by atoms with Gasteiger partial charge in [0.25, 0.3) is 0 Å². The Morgan fingerprint density at radius 3 is 2.25 bits per heavy atom. The summed E-state index contributed by atoms with van der Waals surface area (Å²) in [6, 6.07) is 0. The Hall–Kier alpha value is -0.303. The molecule has 6 heteroatoms. The Labute approximate surface area is 126 Å². The highest BCUT2D eigenvalue weighted by molar-refractivity contribution is 7.81. The Balaban J connectivity index is 4.34. The van der Waals surface area contributed by atoms with Gasteiger partial charge in [0.1, 0.15) is 16.9 Å². The average Bonchev–Trinajstić information content (AvgIpc) is 2.23. The van der Waals surface area contributed by atoms with Crippen LogP contribution in [0.5, 0.6) is 0 Å². The van der Waals surface area contributed by atoms with E-state index in [9.17, 15) is 9.00 Å². The summed E-state index contributed by atoms with van der Waals surface area (Å²) in [6.07, 6.45) is 3.61. The van der Waals surface area contributed by atoms with E-state index >= 15 is 0 Å². The van der Waals surface area contributed by atoms with Gasteiger partial charge in [-0.3, -0.25) is 4.79 Å². The monoisotopic (exact) mass is 320 g/mol. The van der Waals surface area contributed by atoms with Gasteiger partial charge in [-0.15, -0.1) is 0 Å². The van der Waals surface area contributed by atoms with Crippen molar-refractivity contribution in [2.75, 3.05) is 12.9 Å². The fourth-order valence-corrected chi connectivity index (χ4v) is 4.09. The van der Waals surface area contributed by atoms with Gasteiger partial charge < -0.3 is 8.61 Å². The standard InChI is InChI=1S/C14H28O4SSi/c1-14(2,3)13(15)11-12(17-4)9-8-10-19(16)18-20(5,6)7/h8-9,12H,10-11H2,1-7H3/b9-8-. The summed E-state index contributed by atoms with van der Waals surface area (Å²) < 4.78 is 22.4. The molecule has 0 fully saturated rings. The predicted molar refractivity (Wildman–Crippen MR) is 86.5 cm³/mol. The van der Waals surface area contributed by atoms with Gasteiger partial charge in [0, 0.05) is 18.9 Å². The van der Waals surface area contributed by atoms with Gasteiger partial charge in [-0.2, -0.15) is 0 Å². The van der Waals surface area contributed by atoms with Crippen molar-refractivity contribution in [1.29, 1.82) is 0 Å². The molecule has 0 aromatic carbocycles. The molecule has 0 rings (SSSR count). The van der Waals surface area contributed by atoms with E-state index in [-0.39, 0.29) is 17.3 Å². The van der Waals surface area contributed by atoms with Gasteiger partial charge in [-0.05, 0) is 19.6 Å². The SMILES string of the molecule is COC(/C=C\CS(=O)O[Si](C)(C)C)CC(=O)C(C)(C)C. The third kappa shape index (κ3) is 9.58. The first-order chi connectivity index (χ1) is 8.95. The van der Waals surface area contributed by atoms with Crippen molar-refractivity contribution in [3.8, 4) is 0 Å². The fraction of sp³-hybridized carbons (Fsp3) is 0.786. The Morgan fingerprint density at radius 1 is 1.30 bits per heavy atom. The molecular formula is C14H28O4SSi. The predicted octanol–water partition coefficient (Wildman–Crippen LogP) is 3.08. The first-order valence-corrected chi connectivity index (χ1v) is 11.4. The molecule has 0 aliphatic carbocycles. The smallest absolute Gasteiger partial charge is 0.205 e. The number of ketones is 1. The van der Waals surface area contributed by atoms with Crippen LogP contribution in [0.1, 0.15) is 27.2 Å². The van der Waals surface area contributed by atoms with Crippen molar-refractivity contribution in [3.63, 3.8) is 0 Å². The van der Waals surface area contributed by atoms with E-state index in [2.05, 4.69) is 0 Å². The molecule has 0 aliphatic heterocycles. The molecule has 0 heterocycles. The van der Waals surface area contributed by atoms with Crippen LogP contribution in [-0.4, -0.2) is 37.3 Å². The first kappa shape index (κ1) is 19.7. The maximum Gasteiger partial charge on any atom is 0.205 e. The van der Waals surface area contributed by atoms with Gasteiger partial charge in [0.2, 0.25) is 8.32 Å². The molecule has 0 radical (unpaired) electrons. The third-order valence-corrected chi connectivity index (χ3v) is 5.66. The lowest BCUT2D eigenvalue weighted by Gasteiger charge is -2.19. The van der Waals surface area contributed by atoms with Crippen LogP contribution in [0.15, 0.2) is 12.2 Å². The number of ether oxygens (including phenoxy) is 1. The van der Waals surface area contributed by atoms with Crippen LogP contribution in [0.3, 0.4) is 0 Å². The summed E-state index contributed by atoms with van der Waals surface area (Å²) in [6.45, 7) is 11.7. The highest BCUT2D eigenvalue weighted by atomic mass is 32.2. The second-order valence-electron chi connectivity index (χ2n) is 6.75. The number of hydrogen-bond acceptors (Lipinski definition) is 4. The molecule has 118 valence electrons. The van der Waals surface area contributed by atoms with Crippen LogP contribution in [-0.2, 0) is 24.5 Å².